The number of alkyl carbamates (subject to hydrolysis) is 1. The second-order valence-corrected chi connectivity index (χ2v) is 14.2. The molecular formula is C31H51NO13Si. The normalized spacial score (nSPS) is 17.8. The minimum Gasteiger partial charge on any atom is -0.465 e. The minimum absolute atomic E-state index is 0.0856. The van der Waals surface area contributed by atoms with Crippen LogP contribution in [-0.2, 0) is 56.1 Å². The Morgan fingerprint density at radius 2 is 1.48 bits per heavy atom. The van der Waals surface area contributed by atoms with Crippen LogP contribution in [0.4, 0.5) is 4.79 Å². The number of hydrogen-bond donors (Lipinski definition) is 1. The lowest BCUT2D eigenvalue weighted by Crippen LogP contribution is -2.44. The van der Waals surface area contributed by atoms with Crippen LogP contribution in [0, 0.1) is 11.8 Å². The quantitative estimate of drug-likeness (QED) is 0.0616. The van der Waals surface area contributed by atoms with Gasteiger partial charge in [-0.2, -0.15) is 0 Å². The van der Waals surface area contributed by atoms with Crippen molar-refractivity contribution in [3.63, 3.8) is 0 Å². The third-order valence-electron chi connectivity index (χ3n) is 7.39. The molecule has 1 N–H and O–H groups in total. The van der Waals surface area contributed by atoms with Crippen molar-refractivity contribution >= 4 is 38.8 Å². The number of carbonyl (C=O) groups is 5. The zero-order chi connectivity index (χ0) is 34.7. The van der Waals surface area contributed by atoms with Gasteiger partial charge in [0.05, 0.1) is 12.3 Å². The van der Waals surface area contributed by atoms with Gasteiger partial charge in [-0.05, 0) is 51.9 Å². The topological polar surface area (TPSA) is 171 Å². The van der Waals surface area contributed by atoms with E-state index in [-0.39, 0.29) is 43.3 Å². The Hall–Kier alpha value is -3.27. The molecule has 0 aliphatic heterocycles. The van der Waals surface area contributed by atoms with Gasteiger partial charge in [0, 0.05) is 45.1 Å². The van der Waals surface area contributed by atoms with Crippen molar-refractivity contribution < 1.29 is 60.9 Å². The molecule has 0 radical (unpaired) electrons. The predicted molar refractivity (Wildman–Crippen MR) is 167 cm³/mol. The number of nitrogens with one attached hydrogen (secondary N) is 1. The molecule has 15 heteroatoms. The molecule has 0 heterocycles. The molecule has 0 aromatic heterocycles. The number of esters is 4. The molecule has 14 nitrogen and oxygen atoms in total. The first-order chi connectivity index (χ1) is 21.8. The van der Waals surface area contributed by atoms with E-state index in [0.717, 1.165) is 12.8 Å². The van der Waals surface area contributed by atoms with Crippen LogP contribution in [0.25, 0.3) is 0 Å². The van der Waals surface area contributed by atoms with Gasteiger partial charge in [0.25, 0.3) is 0 Å². The Balaban J connectivity index is 2.84. The summed E-state index contributed by atoms with van der Waals surface area (Å²) in [6, 6.07) is 0.544. The first-order valence-corrected chi connectivity index (χ1v) is 17.4. The van der Waals surface area contributed by atoms with Gasteiger partial charge in [0.1, 0.15) is 25.9 Å². The first-order valence-electron chi connectivity index (χ1n) is 15.4. The Kier molecular flexibility index (Phi) is 19.1. The van der Waals surface area contributed by atoms with E-state index in [1.165, 1.54) is 35.2 Å². The molecule has 1 aliphatic carbocycles. The van der Waals surface area contributed by atoms with Crippen molar-refractivity contribution in [1.82, 2.24) is 5.32 Å². The predicted octanol–water partition coefficient (Wildman–Crippen LogP) is 3.65. The molecule has 0 aromatic rings. The summed E-state index contributed by atoms with van der Waals surface area (Å²) in [5.74, 6) is -3.47. The molecule has 46 heavy (non-hydrogen) atoms. The Bertz CT molecular complexity index is 1010. The molecule has 1 saturated carbocycles. The monoisotopic (exact) mass is 673 g/mol. The second-order valence-electron chi connectivity index (χ2n) is 11.1. The van der Waals surface area contributed by atoms with Crippen LogP contribution in [0.2, 0.25) is 6.04 Å². The molecule has 3 atom stereocenters. The van der Waals surface area contributed by atoms with Crippen LogP contribution in [-0.4, -0.2) is 98.7 Å². The zero-order valence-corrected chi connectivity index (χ0v) is 29.0. The second kappa shape index (κ2) is 21.5. The van der Waals surface area contributed by atoms with E-state index in [1.807, 2.05) is 6.92 Å². The van der Waals surface area contributed by atoms with Crippen molar-refractivity contribution in [1.29, 1.82) is 0 Å². The van der Waals surface area contributed by atoms with Gasteiger partial charge in [0.15, 0.2) is 6.10 Å². The Morgan fingerprint density at radius 1 is 0.891 bits per heavy atom. The third kappa shape index (κ3) is 14.9. The maximum atomic E-state index is 13.3. The van der Waals surface area contributed by atoms with Crippen LogP contribution in [0.1, 0.15) is 65.7 Å². The zero-order valence-electron chi connectivity index (χ0n) is 28.0. The minimum atomic E-state index is -2.82. The highest BCUT2D eigenvalue weighted by Gasteiger charge is 2.42. The van der Waals surface area contributed by atoms with Gasteiger partial charge in [0.2, 0.25) is 0 Å². The number of amides is 1. The van der Waals surface area contributed by atoms with Gasteiger partial charge in [-0.25, -0.2) is 14.4 Å². The van der Waals surface area contributed by atoms with Gasteiger partial charge in [-0.15, -0.1) is 0 Å². The summed E-state index contributed by atoms with van der Waals surface area (Å²) >= 11 is 0. The standard InChI is InChI=1S/C31H51NO13Si/c1-9-10-15-32-31(37)45-26-12-11-23(14-17-46(38-6,39-7)40-8)18-25(26)30(36)41-16-13-27(33)44-24(19-42-28(34)21(2)3)20-43-29(35)22(4)5/h23-26H,2,4,9-20H2,1,3,5-8H3,(H,32,37). The van der Waals surface area contributed by atoms with E-state index in [2.05, 4.69) is 18.5 Å². The summed E-state index contributed by atoms with van der Waals surface area (Å²) in [6.45, 7) is 11.3. The average Bonchev–Trinajstić information content (AvgIpc) is 3.03. The smallest absolute Gasteiger partial charge is 0.465 e. The van der Waals surface area contributed by atoms with Crippen molar-refractivity contribution in [3.8, 4) is 0 Å². The Labute approximate surface area is 272 Å². The SMILES string of the molecule is C=C(C)C(=O)OCC(COC(=O)C(=C)C)OC(=O)CCOC(=O)C1CC(CC[Si](OC)(OC)OC)CCC1OC(=O)NCCCC. The summed E-state index contributed by atoms with van der Waals surface area (Å²) in [5.41, 5.74) is 0.276. The number of unbranched alkanes of at least 4 members (excludes halogenated alkanes) is 1. The van der Waals surface area contributed by atoms with Crippen LogP contribution >= 0.6 is 0 Å². The fourth-order valence-electron chi connectivity index (χ4n) is 4.65. The van der Waals surface area contributed by atoms with Crippen molar-refractivity contribution in [2.45, 2.75) is 84.0 Å². The molecule has 262 valence electrons. The molecule has 1 amide bonds. The van der Waals surface area contributed by atoms with Gasteiger partial charge in [-0.3, -0.25) is 9.59 Å². The number of hydrogen-bond acceptors (Lipinski definition) is 13. The van der Waals surface area contributed by atoms with E-state index < -0.39 is 56.9 Å². The molecule has 1 rings (SSSR count). The van der Waals surface area contributed by atoms with Crippen molar-refractivity contribution in [2.24, 2.45) is 11.8 Å². The van der Waals surface area contributed by atoms with Crippen LogP contribution < -0.4 is 5.32 Å². The summed E-state index contributed by atoms with van der Waals surface area (Å²) < 4.78 is 43.1. The van der Waals surface area contributed by atoms with Gasteiger partial charge >= 0.3 is 38.8 Å². The lowest BCUT2D eigenvalue weighted by Gasteiger charge is -2.35. The maximum Gasteiger partial charge on any atom is 0.500 e. The summed E-state index contributed by atoms with van der Waals surface area (Å²) in [6.07, 6.45) is 1.16. The van der Waals surface area contributed by atoms with Crippen LogP contribution in [0.15, 0.2) is 24.3 Å². The molecule has 1 fully saturated rings. The summed E-state index contributed by atoms with van der Waals surface area (Å²) in [5, 5.41) is 2.70. The van der Waals surface area contributed by atoms with Crippen LogP contribution in [0.3, 0.4) is 0 Å². The van der Waals surface area contributed by atoms with Crippen molar-refractivity contribution in [3.05, 3.63) is 24.3 Å². The molecular weight excluding hydrogens is 622 g/mol. The van der Waals surface area contributed by atoms with Crippen LogP contribution in [0.5, 0.6) is 0 Å². The first kappa shape index (κ1) is 40.8. The van der Waals surface area contributed by atoms with Gasteiger partial charge < -0.3 is 42.3 Å². The van der Waals surface area contributed by atoms with E-state index in [1.54, 1.807) is 0 Å². The van der Waals surface area contributed by atoms with E-state index in [0.29, 0.717) is 38.3 Å². The Morgan fingerprint density at radius 3 is 2.00 bits per heavy atom. The molecule has 3 unspecified atom stereocenters. The summed E-state index contributed by atoms with van der Waals surface area (Å²) in [7, 11) is 1.80. The lowest BCUT2D eigenvalue weighted by molar-refractivity contribution is -0.167. The van der Waals surface area contributed by atoms with E-state index >= 15 is 0 Å². The largest absolute Gasteiger partial charge is 0.500 e. The maximum absolute atomic E-state index is 13.3. The highest BCUT2D eigenvalue weighted by atomic mass is 28.4. The highest BCUT2D eigenvalue weighted by Crippen LogP contribution is 2.36. The molecule has 1 aliphatic rings. The molecule has 0 spiro atoms. The van der Waals surface area contributed by atoms with E-state index in [4.69, 9.17) is 37.0 Å². The fraction of sp³-hybridized carbons (Fsp3) is 0.710. The number of carbonyl (C=O) groups excluding carboxylic acids is 5. The number of ether oxygens (including phenoxy) is 5. The molecule has 0 bridgehead atoms. The average molecular weight is 674 g/mol. The number of rotatable bonds is 21. The van der Waals surface area contributed by atoms with E-state index in [9.17, 15) is 24.0 Å². The molecule has 0 aromatic carbocycles. The third-order valence-corrected chi connectivity index (χ3v) is 10.2. The molecule has 0 saturated heterocycles. The highest BCUT2D eigenvalue weighted by molar-refractivity contribution is 6.60. The van der Waals surface area contributed by atoms with Crippen molar-refractivity contribution in [2.75, 3.05) is 47.7 Å². The fourth-order valence-corrected chi connectivity index (χ4v) is 6.53. The van der Waals surface area contributed by atoms with Gasteiger partial charge in [-0.1, -0.05) is 26.5 Å². The lowest BCUT2D eigenvalue weighted by atomic mass is 9.78. The summed E-state index contributed by atoms with van der Waals surface area (Å²) in [4.78, 5) is 61.9.